The van der Waals surface area contributed by atoms with Crippen LogP contribution in [0.2, 0.25) is 0 Å². The third kappa shape index (κ3) is 4.22. The van der Waals surface area contributed by atoms with Gasteiger partial charge in [-0.2, -0.15) is 0 Å². The quantitative estimate of drug-likeness (QED) is 0.779. The van der Waals surface area contributed by atoms with Gasteiger partial charge in [0.2, 0.25) is 5.91 Å². The number of hydrogen-bond donors (Lipinski definition) is 1. The zero-order valence-corrected chi connectivity index (χ0v) is 18.3. The summed E-state index contributed by atoms with van der Waals surface area (Å²) in [7, 11) is -3.22. The number of carbonyl (C=O) groups excluding carboxylic acids is 1. The largest absolute Gasteiger partial charge is 0.325 e. The van der Waals surface area contributed by atoms with E-state index in [-0.39, 0.29) is 28.9 Å². The minimum absolute atomic E-state index is 0.0542. The number of amidine groups is 1. The van der Waals surface area contributed by atoms with Gasteiger partial charge in [0.25, 0.3) is 0 Å². The predicted octanol–water partition coefficient (Wildman–Crippen LogP) is 3.16. The Morgan fingerprint density at radius 1 is 1.23 bits per heavy atom. The molecule has 2 heterocycles. The number of benzene rings is 2. The van der Waals surface area contributed by atoms with Gasteiger partial charge in [0.05, 0.1) is 35.0 Å². The lowest BCUT2D eigenvalue weighted by molar-refractivity contribution is -0.113. The van der Waals surface area contributed by atoms with E-state index in [1.807, 2.05) is 32.0 Å². The lowest BCUT2D eigenvalue weighted by atomic mass is 10.1. The van der Waals surface area contributed by atoms with E-state index in [2.05, 4.69) is 10.3 Å². The molecule has 2 aliphatic rings. The first-order valence-electron chi connectivity index (χ1n) is 9.55. The van der Waals surface area contributed by atoms with Crippen LogP contribution in [0.25, 0.3) is 0 Å². The monoisotopic (exact) mass is 447 g/mol. The number of hydrogen-bond acceptors (Lipinski definition) is 6. The van der Waals surface area contributed by atoms with Crippen molar-refractivity contribution < 1.29 is 17.6 Å². The summed E-state index contributed by atoms with van der Waals surface area (Å²) in [6.45, 7) is 3.88. The topological polar surface area (TPSA) is 78.8 Å². The van der Waals surface area contributed by atoms with Crippen LogP contribution in [0.1, 0.15) is 11.1 Å². The number of thioether (sulfide) groups is 1. The van der Waals surface area contributed by atoms with E-state index in [0.29, 0.717) is 5.17 Å². The molecule has 0 aromatic heterocycles. The van der Waals surface area contributed by atoms with Gasteiger partial charge in [-0.05, 0) is 43.2 Å². The van der Waals surface area contributed by atoms with E-state index < -0.39 is 27.7 Å². The minimum Gasteiger partial charge on any atom is -0.325 e. The van der Waals surface area contributed by atoms with Gasteiger partial charge in [-0.1, -0.05) is 36.0 Å². The van der Waals surface area contributed by atoms with E-state index in [0.717, 1.165) is 16.8 Å². The molecule has 1 amide bonds. The Morgan fingerprint density at radius 3 is 2.77 bits per heavy atom. The number of para-hydroxylation sites is 1. The summed E-state index contributed by atoms with van der Waals surface area (Å²) in [5.74, 6) is -0.691. The van der Waals surface area contributed by atoms with Gasteiger partial charge < -0.3 is 10.2 Å². The van der Waals surface area contributed by atoms with Crippen molar-refractivity contribution in [3.05, 3.63) is 59.4 Å². The Bertz CT molecular complexity index is 1130. The first-order valence-corrected chi connectivity index (χ1v) is 12.4. The molecule has 1 fully saturated rings. The molecular formula is C21H22FN3O3S2. The molecule has 1 N–H and O–H groups in total. The maximum absolute atomic E-state index is 14.5. The second kappa shape index (κ2) is 8.03. The molecule has 0 saturated carbocycles. The highest BCUT2D eigenvalue weighted by Crippen LogP contribution is 2.36. The van der Waals surface area contributed by atoms with Crippen LogP contribution in [0, 0.1) is 19.7 Å². The van der Waals surface area contributed by atoms with E-state index in [4.69, 9.17) is 0 Å². The second-order valence-corrected chi connectivity index (χ2v) is 10.7. The predicted molar refractivity (Wildman–Crippen MR) is 120 cm³/mol. The van der Waals surface area contributed by atoms with Gasteiger partial charge in [-0.15, -0.1) is 0 Å². The van der Waals surface area contributed by atoms with Gasteiger partial charge in [0.1, 0.15) is 5.82 Å². The van der Waals surface area contributed by atoms with Gasteiger partial charge in [0.15, 0.2) is 15.0 Å². The summed E-state index contributed by atoms with van der Waals surface area (Å²) in [6, 6.07) is 11.2. The Kier molecular flexibility index (Phi) is 5.59. The highest BCUT2D eigenvalue weighted by molar-refractivity contribution is 8.14. The normalized spacial score (nSPS) is 22.0. The fourth-order valence-electron chi connectivity index (χ4n) is 3.75. The van der Waals surface area contributed by atoms with Crippen LogP contribution in [-0.2, 0) is 14.6 Å². The van der Waals surface area contributed by atoms with E-state index in [1.165, 1.54) is 17.8 Å². The van der Waals surface area contributed by atoms with Crippen LogP contribution in [0.3, 0.4) is 0 Å². The lowest BCUT2D eigenvalue weighted by Crippen LogP contribution is -2.40. The molecule has 1 saturated heterocycles. The van der Waals surface area contributed by atoms with Gasteiger partial charge in [-0.25, -0.2) is 12.8 Å². The molecule has 0 radical (unpaired) electrons. The molecule has 0 aliphatic carbocycles. The number of rotatable bonds is 4. The summed E-state index contributed by atoms with van der Waals surface area (Å²) >= 11 is 1.19. The SMILES string of the molecule is Cc1ccc(C)c(NC(=O)CSC2=N[C@@H]3CS(=O)(=O)C[C@@H]3N2c2ccccc2F)c1. The maximum Gasteiger partial charge on any atom is 0.234 e. The smallest absolute Gasteiger partial charge is 0.234 e. The number of nitrogens with zero attached hydrogens (tertiary/aromatic N) is 2. The molecule has 6 nitrogen and oxygen atoms in total. The number of fused-ring (bicyclic) bond motifs is 1. The molecule has 2 aromatic rings. The van der Waals surface area contributed by atoms with Crippen molar-refractivity contribution in [1.82, 2.24) is 0 Å². The number of carbonyl (C=O) groups is 1. The van der Waals surface area contributed by atoms with E-state index in [1.54, 1.807) is 23.1 Å². The second-order valence-electron chi connectivity index (χ2n) is 7.60. The Morgan fingerprint density at radius 2 is 2.00 bits per heavy atom. The number of anilines is 2. The lowest BCUT2D eigenvalue weighted by Gasteiger charge is -2.26. The molecule has 0 unspecified atom stereocenters. The zero-order chi connectivity index (χ0) is 21.5. The van der Waals surface area contributed by atoms with Gasteiger partial charge >= 0.3 is 0 Å². The van der Waals surface area contributed by atoms with Crippen LogP contribution in [-0.4, -0.2) is 48.8 Å². The van der Waals surface area contributed by atoms with Crippen molar-refractivity contribution in [2.75, 3.05) is 27.5 Å². The first-order chi connectivity index (χ1) is 14.2. The number of sulfone groups is 1. The molecule has 0 spiro atoms. The van der Waals surface area contributed by atoms with E-state index >= 15 is 0 Å². The third-order valence-corrected chi connectivity index (χ3v) is 7.88. The fraction of sp³-hybridized carbons (Fsp3) is 0.333. The summed E-state index contributed by atoms with van der Waals surface area (Å²) in [4.78, 5) is 18.7. The summed E-state index contributed by atoms with van der Waals surface area (Å²) in [6.07, 6.45) is 0. The molecule has 9 heteroatoms. The molecule has 158 valence electrons. The molecule has 2 atom stereocenters. The van der Waals surface area contributed by atoms with Crippen LogP contribution < -0.4 is 10.2 Å². The average Bonchev–Trinajstić information content (AvgIpc) is 3.15. The highest BCUT2D eigenvalue weighted by atomic mass is 32.2. The molecule has 0 bridgehead atoms. The number of aryl methyl sites for hydroxylation is 2. The van der Waals surface area contributed by atoms with Crippen LogP contribution in [0.5, 0.6) is 0 Å². The molecule has 4 rings (SSSR count). The van der Waals surface area contributed by atoms with E-state index in [9.17, 15) is 17.6 Å². The van der Waals surface area contributed by atoms with Crippen molar-refractivity contribution in [3.8, 4) is 0 Å². The van der Waals surface area contributed by atoms with Gasteiger partial charge in [0, 0.05) is 5.69 Å². The van der Waals surface area contributed by atoms with Crippen LogP contribution in [0.15, 0.2) is 47.5 Å². The van der Waals surface area contributed by atoms with Crippen molar-refractivity contribution in [1.29, 1.82) is 0 Å². The van der Waals surface area contributed by atoms with Crippen molar-refractivity contribution in [3.63, 3.8) is 0 Å². The summed E-state index contributed by atoms with van der Waals surface area (Å²) in [5.41, 5.74) is 3.04. The molecule has 2 aliphatic heterocycles. The summed E-state index contributed by atoms with van der Waals surface area (Å²) in [5, 5.41) is 3.37. The van der Waals surface area contributed by atoms with Crippen LogP contribution >= 0.6 is 11.8 Å². The number of amides is 1. The van der Waals surface area contributed by atoms with Crippen molar-refractivity contribution in [2.24, 2.45) is 4.99 Å². The van der Waals surface area contributed by atoms with Crippen LogP contribution in [0.4, 0.5) is 15.8 Å². The first kappa shape index (κ1) is 20.9. The molecular weight excluding hydrogens is 425 g/mol. The van der Waals surface area contributed by atoms with Gasteiger partial charge in [-0.3, -0.25) is 9.79 Å². The Labute approximate surface area is 179 Å². The number of aliphatic imine (C=N–C) groups is 1. The number of nitrogens with one attached hydrogen (secondary N) is 1. The zero-order valence-electron chi connectivity index (χ0n) is 16.6. The average molecular weight is 448 g/mol. The fourth-order valence-corrected chi connectivity index (χ4v) is 6.51. The standard InChI is InChI=1S/C21H22FN3O3S2/c1-13-7-8-14(2)16(9-13)23-20(26)10-29-21-24-17-11-30(27,28)12-19(17)25(21)18-6-4-3-5-15(18)22/h3-9,17,19H,10-12H2,1-2H3,(H,23,26)/t17-,19+/m1/s1. The number of halogens is 1. The maximum atomic E-state index is 14.5. The molecule has 30 heavy (non-hydrogen) atoms. The minimum atomic E-state index is -3.22. The Hall–Kier alpha value is -2.39. The van der Waals surface area contributed by atoms with Crippen molar-refractivity contribution in [2.45, 2.75) is 25.9 Å². The molecule has 2 aromatic carbocycles. The van der Waals surface area contributed by atoms with Crippen molar-refractivity contribution >= 4 is 44.0 Å². The summed E-state index contributed by atoms with van der Waals surface area (Å²) < 4.78 is 38.7. The third-order valence-electron chi connectivity index (χ3n) is 5.22. The highest BCUT2D eigenvalue weighted by Gasteiger charge is 2.47. The Balaban J connectivity index is 1.52.